The van der Waals surface area contributed by atoms with Gasteiger partial charge in [-0.25, -0.2) is 4.39 Å². The second kappa shape index (κ2) is 8.19. The number of halogens is 3. The molecule has 0 aliphatic rings. The molecule has 0 aliphatic carbocycles. The lowest BCUT2D eigenvalue weighted by atomic mass is 10.2. The number of amides is 1. The van der Waals surface area contributed by atoms with Crippen LogP contribution >= 0.6 is 39.7 Å². The van der Waals surface area contributed by atoms with E-state index in [1.807, 2.05) is 0 Å². The van der Waals surface area contributed by atoms with Crippen LogP contribution < -0.4 is 10.6 Å². The van der Waals surface area contributed by atoms with Gasteiger partial charge in [-0.1, -0.05) is 23.7 Å². The van der Waals surface area contributed by atoms with Gasteiger partial charge in [-0.15, -0.1) is 0 Å². The van der Waals surface area contributed by atoms with Gasteiger partial charge in [-0.05, 0) is 70.1 Å². The van der Waals surface area contributed by atoms with Crippen molar-refractivity contribution in [2.45, 2.75) is 0 Å². The van der Waals surface area contributed by atoms with E-state index in [1.165, 1.54) is 18.2 Å². The Labute approximate surface area is 151 Å². The van der Waals surface area contributed by atoms with Crippen molar-refractivity contribution in [3.8, 4) is 0 Å². The van der Waals surface area contributed by atoms with Crippen molar-refractivity contribution in [3.63, 3.8) is 0 Å². The fraction of sp³-hybridized carbons (Fsp3) is 0. The van der Waals surface area contributed by atoms with Gasteiger partial charge in [0.25, 0.3) is 0 Å². The third-order valence-corrected chi connectivity index (χ3v) is 4.15. The topological polar surface area (TPSA) is 41.1 Å². The highest BCUT2D eigenvalue weighted by atomic mass is 79.9. The molecule has 0 spiro atoms. The van der Waals surface area contributed by atoms with E-state index in [-0.39, 0.29) is 10.9 Å². The largest absolute Gasteiger partial charge is 0.332 e. The molecule has 0 saturated carbocycles. The number of thiocarbonyl (C=S) groups is 1. The SMILES string of the molecule is O=C(/C=C/c1ccc(F)cc1)NC(=S)Nc1ccc(Br)c(Cl)c1. The highest BCUT2D eigenvalue weighted by Crippen LogP contribution is 2.25. The van der Waals surface area contributed by atoms with Crippen LogP contribution in [0.3, 0.4) is 0 Å². The van der Waals surface area contributed by atoms with E-state index in [2.05, 4.69) is 26.6 Å². The highest BCUT2D eigenvalue weighted by Gasteiger charge is 2.03. The van der Waals surface area contributed by atoms with Crippen LogP contribution in [0.2, 0.25) is 5.02 Å². The Morgan fingerprint density at radius 1 is 1.22 bits per heavy atom. The quantitative estimate of drug-likeness (QED) is 0.563. The maximum Gasteiger partial charge on any atom is 0.250 e. The van der Waals surface area contributed by atoms with Crippen molar-refractivity contribution < 1.29 is 9.18 Å². The summed E-state index contributed by atoms with van der Waals surface area (Å²) in [5.74, 6) is -0.722. The van der Waals surface area contributed by atoms with Crippen LogP contribution in [0.4, 0.5) is 10.1 Å². The summed E-state index contributed by atoms with van der Waals surface area (Å²) in [7, 11) is 0. The summed E-state index contributed by atoms with van der Waals surface area (Å²) in [6.07, 6.45) is 2.88. The number of carbonyl (C=O) groups excluding carboxylic acids is 1. The smallest absolute Gasteiger partial charge is 0.250 e. The van der Waals surface area contributed by atoms with E-state index in [9.17, 15) is 9.18 Å². The molecule has 0 aliphatic heterocycles. The van der Waals surface area contributed by atoms with Crippen LogP contribution in [-0.2, 0) is 4.79 Å². The minimum atomic E-state index is -0.393. The Kier molecular flexibility index (Phi) is 6.27. The Morgan fingerprint density at radius 3 is 2.57 bits per heavy atom. The van der Waals surface area contributed by atoms with E-state index in [4.69, 9.17) is 23.8 Å². The number of anilines is 1. The normalized spacial score (nSPS) is 10.6. The van der Waals surface area contributed by atoms with Crippen molar-refractivity contribution in [1.29, 1.82) is 0 Å². The molecule has 0 bridgehead atoms. The van der Waals surface area contributed by atoms with Gasteiger partial charge >= 0.3 is 0 Å². The van der Waals surface area contributed by atoms with Crippen molar-refractivity contribution in [2.24, 2.45) is 0 Å². The van der Waals surface area contributed by atoms with E-state index in [1.54, 1.807) is 36.4 Å². The summed E-state index contributed by atoms with van der Waals surface area (Å²) < 4.78 is 13.5. The van der Waals surface area contributed by atoms with Crippen LogP contribution in [0.5, 0.6) is 0 Å². The Bertz CT molecular complexity index is 765. The monoisotopic (exact) mass is 412 g/mol. The molecule has 0 aromatic heterocycles. The van der Waals surface area contributed by atoms with Crippen molar-refractivity contribution in [2.75, 3.05) is 5.32 Å². The summed E-state index contributed by atoms with van der Waals surface area (Å²) in [4.78, 5) is 11.8. The first kappa shape index (κ1) is 17.6. The Balaban J connectivity index is 1.90. The zero-order valence-corrected chi connectivity index (χ0v) is 14.8. The molecule has 1 amide bonds. The maximum absolute atomic E-state index is 12.8. The average molecular weight is 414 g/mol. The lowest BCUT2D eigenvalue weighted by Gasteiger charge is -2.08. The predicted molar refractivity (Wildman–Crippen MR) is 98.9 cm³/mol. The van der Waals surface area contributed by atoms with E-state index in [0.29, 0.717) is 16.3 Å². The van der Waals surface area contributed by atoms with Gasteiger partial charge in [-0.3, -0.25) is 10.1 Å². The molecule has 3 nitrogen and oxygen atoms in total. The third kappa shape index (κ3) is 5.74. The van der Waals surface area contributed by atoms with Crippen molar-refractivity contribution >= 4 is 62.5 Å². The summed E-state index contributed by atoms with van der Waals surface area (Å²) in [6.45, 7) is 0. The average Bonchev–Trinajstić information content (AvgIpc) is 2.50. The van der Waals surface area contributed by atoms with Gasteiger partial charge in [0.1, 0.15) is 5.82 Å². The molecular formula is C16H11BrClFN2OS. The summed E-state index contributed by atoms with van der Waals surface area (Å²) >= 11 is 14.3. The number of hydrogen-bond acceptors (Lipinski definition) is 2. The molecule has 2 aromatic carbocycles. The van der Waals surface area contributed by atoms with Gasteiger partial charge in [-0.2, -0.15) is 0 Å². The summed E-state index contributed by atoms with van der Waals surface area (Å²) in [6, 6.07) is 11.0. The van der Waals surface area contributed by atoms with Gasteiger partial charge in [0.2, 0.25) is 5.91 Å². The van der Waals surface area contributed by atoms with Gasteiger partial charge in [0.15, 0.2) is 5.11 Å². The lowest BCUT2D eigenvalue weighted by molar-refractivity contribution is -0.115. The molecule has 0 radical (unpaired) electrons. The van der Waals surface area contributed by atoms with Crippen LogP contribution in [0.1, 0.15) is 5.56 Å². The number of nitrogens with one attached hydrogen (secondary N) is 2. The standard InChI is InChI=1S/C16H11BrClFN2OS/c17-13-7-6-12(9-14(13)18)20-16(23)21-15(22)8-3-10-1-4-11(19)5-2-10/h1-9H,(H2,20,21,22,23)/b8-3+. The van der Waals surface area contributed by atoms with Crippen LogP contribution in [-0.4, -0.2) is 11.0 Å². The molecule has 0 heterocycles. The third-order valence-electron chi connectivity index (χ3n) is 2.71. The van der Waals surface area contributed by atoms with Crippen LogP contribution in [0.25, 0.3) is 6.08 Å². The fourth-order valence-corrected chi connectivity index (χ4v) is 2.28. The van der Waals surface area contributed by atoms with Crippen LogP contribution in [0.15, 0.2) is 53.0 Å². The van der Waals surface area contributed by atoms with Gasteiger partial charge in [0.05, 0.1) is 5.02 Å². The number of benzene rings is 2. The number of rotatable bonds is 3. The predicted octanol–water partition coefficient (Wildman–Crippen LogP) is 4.77. The van der Waals surface area contributed by atoms with E-state index >= 15 is 0 Å². The molecule has 7 heteroatoms. The number of carbonyl (C=O) groups is 1. The molecule has 0 saturated heterocycles. The minimum absolute atomic E-state index is 0.150. The Hall–Kier alpha value is -1.76. The Morgan fingerprint density at radius 2 is 1.91 bits per heavy atom. The molecule has 2 N–H and O–H groups in total. The highest BCUT2D eigenvalue weighted by molar-refractivity contribution is 9.10. The molecule has 0 fully saturated rings. The van der Waals surface area contributed by atoms with Crippen LogP contribution in [0, 0.1) is 5.82 Å². The zero-order chi connectivity index (χ0) is 16.8. The molecule has 0 atom stereocenters. The zero-order valence-electron chi connectivity index (χ0n) is 11.6. The first-order valence-corrected chi connectivity index (χ1v) is 8.02. The fourth-order valence-electron chi connectivity index (χ4n) is 1.64. The first-order chi connectivity index (χ1) is 10.9. The van der Waals surface area contributed by atoms with E-state index in [0.717, 1.165) is 4.47 Å². The van der Waals surface area contributed by atoms with Gasteiger partial charge in [0, 0.05) is 16.2 Å². The summed E-state index contributed by atoms with van der Waals surface area (Å²) in [5.41, 5.74) is 1.37. The molecule has 118 valence electrons. The second-order valence-corrected chi connectivity index (χ2v) is 6.13. The molecule has 2 aromatic rings. The minimum Gasteiger partial charge on any atom is -0.332 e. The lowest BCUT2D eigenvalue weighted by Crippen LogP contribution is -2.32. The molecule has 0 unspecified atom stereocenters. The summed E-state index contributed by atoms with van der Waals surface area (Å²) in [5, 5.41) is 6.05. The number of hydrogen-bond donors (Lipinski definition) is 2. The molecular weight excluding hydrogens is 403 g/mol. The maximum atomic E-state index is 12.8. The second-order valence-electron chi connectivity index (χ2n) is 4.46. The molecule has 2 rings (SSSR count). The molecule has 23 heavy (non-hydrogen) atoms. The van der Waals surface area contributed by atoms with Crippen molar-refractivity contribution in [1.82, 2.24) is 5.32 Å². The van der Waals surface area contributed by atoms with Gasteiger partial charge < -0.3 is 5.32 Å². The van der Waals surface area contributed by atoms with Crippen molar-refractivity contribution in [3.05, 3.63) is 69.4 Å². The first-order valence-electron chi connectivity index (χ1n) is 6.45. The van der Waals surface area contributed by atoms with E-state index < -0.39 is 5.91 Å².